The molecule has 0 aliphatic carbocycles. The molecule has 1 aliphatic heterocycles. The molecule has 0 bridgehead atoms. The second-order valence-corrected chi connectivity index (χ2v) is 11.0. The van der Waals surface area contributed by atoms with E-state index in [4.69, 9.17) is 14.2 Å². The van der Waals surface area contributed by atoms with Crippen LogP contribution in [0.4, 0.5) is 0 Å². The third kappa shape index (κ3) is 5.89. The zero-order valence-electron chi connectivity index (χ0n) is 20.2. The molecule has 2 aromatic carbocycles. The molecule has 8 nitrogen and oxygen atoms in total. The Hall–Kier alpha value is -3.15. The maximum absolute atomic E-state index is 10.6. The minimum Gasteiger partial charge on any atom is -0.491 e. The second-order valence-electron chi connectivity index (χ2n) is 9.05. The number of β-amino-alcohol motifs (C(OH)–C–C–N with tert-alkyl or cyclic N) is 1. The van der Waals surface area contributed by atoms with Crippen LogP contribution in [0.1, 0.15) is 5.89 Å². The Morgan fingerprint density at radius 2 is 1.81 bits per heavy atom. The van der Waals surface area contributed by atoms with Crippen LogP contribution in [0.5, 0.6) is 5.75 Å². The molecule has 1 N–H and O–H groups in total. The molecule has 3 aromatic heterocycles. The number of thiophene rings is 1. The Morgan fingerprint density at radius 1 is 0.973 bits per heavy atom. The lowest BCUT2D eigenvalue weighted by Gasteiger charge is -2.34. The van der Waals surface area contributed by atoms with Crippen LogP contribution >= 0.6 is 22.7 Å². The number of benzene rings is 2. The maximum Gasteiger partial charge on any atom is 0.241 e. The summed E-state index contributed by atoms with van der Waals surface area (Å²) in [6, 6.07) is 20.1. The summed E-state index contributed by atoms with van der Waals surface area (Å²) in [4.78, 5) is 14.9. The van der Waals surface area contributed by atoms with E-state index in [2.05, 4.69) is 32.1 Å². The van der Waals surface area contributed by atoms with Crippen molar-refractivity contribution in [2.45, 2.75) is 12.6 Å². The van der Waals surface area contributed by atoms with Crippen LogP contribution in [-0.2, 0) is 6.54 Å². The summed E-state index contributed by atoms with van der Waals surface area (Å²) in [6.45, 7) is 4.97. The molecule has 6 rings (SSSR count). The smallest absolute Gasteiger partial charge is 0.241 e. The summed E-state index contributed by atoms with van der Waals surface area (Å²) in [7, 11) is 0. The fourth-order valence-corrected chi connectivity index (χ4v) is 5.99. The number of aliphatic hydroxyl groups excluding tert-OH is 1. The first kappa shape index (κ1) is 24.2. The summed E-state index contributed by atoms with van der Waals surface area (Å²) in [5.74, 6) is 2.01. The molecule has 1 atom stereocenters. The molecule has 0 saturated carbocycles. The van der Waals surface area contributed by atoms with Crippen molar-refractivity contribution in [2.24, 2.45) is 0 Å². The number of fused-ring (bicyclic) bond motifs is 1. The fourth-order valence-electron chi connectivity index (χ4n) is 4.39. The maximum atomic E-state index is 10.6. The number of aliphatic hydroxyl groups is 1. The minimum absolute atomic E-state index is 0.245. The van der Waals surface area contributed by atoms with Crippen LogP contribution in [-0.4, -0.2) is 75.5 Å². The largest absolute Gasteiger partial charge is 0.491 e. The Labute approximate surface area is 222 Å². The number of hydrogen-bond acceptors (Lipinski definition) is 10. The standard InChI is InChI=1S/C27H27N5O3S2/c33-20(18-34-21-8-9-23-22(15-21)28-27(37-23)19-5-2-1-3-6-19)16-31-10-12-32(13-11-31)17-25-29-26(30-35-25)24-7-4-14-36-24/h1-9,14-15,20,33H,10-13,16-18H2/t20-/m0/s1. The zero-order valence-corrected chi connectivity index (χ0v) is 21.8. The predicted molar refractivity (Wildman–Crippen MR) is 146 cm³/mol. The quantitative estimate of drug-likeness (QED) is 0.293. The van der Waals surface area contributed by atoms with Gasteiger partial charge >= 0.3 is 0 Å². The highest BCUT2D eigenvalue weighted by atomic mass is 32.1. The van der Waals surface area contributed by atoms with E-state index >= 15 is 0 Å². The highest BCUT2D eigenvalue weighted by Gasteiger charge is 2.21. The lowest BCUT2D eigenvalue weighted by atomic mass is 10.2. The Morgan fingerprint density at radius 3 is 2.62 bits per heavy atom. The lowest BCUT2D eigenvalue weighted by Crippen LogP contribution is -2.48. The van der Waals surface area contributed by atoms with E-state index in [1.807, 2.05) is 53.9 Å². The van der Waals surface area contributed by atoms with Gasteiger partial charge in [-0.05, 0) is 23.6 Å². The van der Waals surface area contributed by atoms with Gasteiger partial charge in [0.15, 0.2) is 0 Å². The topological polar surface area (TPSA) is 87.8 Å². The van der Waals surface area contributed by atoms with E-state index < -0.39 is 6.10 Å². The number of thiazole rings is 1. The highest BCUT2D eigenvalue weighted by molar-refractivity contribution is 7.21. The molecule has 190 valence electrons. The first-order chi connectivity index (χ1) is 18.2. The summed E-state index contributed by atoms with van der Waals surface area (Å²) in [5.41, 5.74) is 2.03. The molecule has 0 spiro atoms. The van der Waals surface area contributed by atoms with Crippen molar-refractivity contribution < 1.29 is 14.4 Å². The van der Waals surface area contributed by atoms with Crippen LogP contribution in [0.2, 0.25) is 0 Å². The molecule has 1 aliphatic rings. The third-order valence-electron chi connectivity index (χ3n) is 6.32. The van der Waals surface area contributed by atoms with E-state index in [0.717, 1.165) is 57.6 Å². The predicted octanol–water partition coefficient (Wildman–Crippen LogP) is 4.63. The molecule has 1 saturated heterocycles. The van der Waals surface area contributed by atoms with E-state index in [9.17, 15) is 5.11 Å². The molecular weight excluding hydrogens is 506 g/mol. The van der Waals surface area contributed by atoms with Gasteiger partial charge in [-0.25, -0.2) is 4.98 Å². The van der Waals surface area contributed by atoms with Gasteiger partial charge < -0.3 is 14.4 Å². The van der Waals surface area contributed by atoms with Crippen molar-refractivity contribution in [3.05, 3.63) is 71.9 Å². The van der Waals surface area contributed by atoms with Gasteiger partial charge in [0.25, 0.3) is 0 Å². The number of rotatable bonds is 9. The Kier molecular flexibility index (Phi) is 7.25. The second kappa shape index (κ2) is 11.1. The summed E-state index contributed by atoms with van der Waals surface area (Å²) in [5, 5.41) is 17.7. The molecule has 5 aromatic rings. The monoisotopic (exact) mass is 533 g/mol. The SMILES string of the molecule is O[C@H](COc1ccc2sc(-c3ccccc3)nc2c1)CN1CCN(Cc2nc(-c3cccs3)no2)CC1. The van der Waals surface area contributed by atoms with Crippen molar-refractivity contribution >= 4 is 32.9 Å². The van der Waals surface area contributed by atoms with Gasteiger partial charge in [-0.2, -0.15) is 4.98 Å². The fraction of sp³-hybridized carbons (Fsp3) is 0.296. The molecule has 0 amide bonds. The summed E-state index contributed by atoms with van der Waals surface area (Å²) < 4.78 is 12.5. The van der Waals surface area contributed by atoms with Crippen LogP contribution < -0.4 is 4.74 Å². The number of hydrogen-bond donors (Lipinski definition) is 1. The average Bonchev–Trinajstić information content (AvgIpc) is 3.70. The first-order valence-electron chi connectivity index (χ1n) is 12.3. The van der Waals surface area contributed by atoms with Crippen LogP contribution in [0.25, 0.3) is 31.5 Å². The van der Waals surface area contributed by atoms with Gasteiger partial charge in [-0.1, -0.05) is 41.6 Å². The molecule has 37 heavy (non-hydrogen) atoms. The lowest BCUT2D eigenvalue weighted by molar-refractivity contribution is 0.0426. The average molecular weight is 534 g/mol. The van der Waals surface area contributed by atoms with Gasteiger partial charge in [0.05, 0.1) is 21.6 Å². The van der Waals surface area contributed by atoms with Gasteiger partial charge in [0, 0.05) is 44.4 Å². The van der Waals surface area contributed by atoms with Crippen molar-refractivity contribution in [1.29, 1.82) is 0 Å². The molecule has 1 fully saturated rings. The number of nitrogens with zero attached hydrogens (tertiary/aromatic N) is 5. The third-order valence-corrected chi connectivity index (χ3v) is 8.28. The van der Waals surface area contributed by atoms with Crippen molar-refractivity contribution in [1.82, 2.24) is 24.9 Å². The van der Waals surface area contributed by atoms with Gasteiger partial charge in [-0.3, -0.25) is 9.80 Å². The van der Waals surface area contributed by atoms with Crippen LogP contribution in [0.3, 0.4) is 0 Å². The summed E-state index contributed by atoms with van der Waals surface area (Å²) in [6.07, 6.45) is -0.568. The summed E-state index contributed by atoms with van der Waals surface area (Å²) >= 11 is 3.27. The van der Waals surface area contributed by atoms with Gasteiger partial charge in [-0.15, -0.1) is 22.7 Å². The van der Waals surface area contributed by atoms with Gasteiger partial charge in [0.1, 0.15) is 23.5 Å². The van der Waals surface area contributed by atoms with Crippen LogP contribution in [0.15, 0.2) is 70.6 Å². The number of ether oxygens (including phenoxy) is 1. The minimum atomic E-state index is -0.568. The highest BCUT2D eigenvalue weighted by Crippen LogP contribution is 2.32. The first-order valence-corrected chi connectivity index (χ1v) is 14.0. The van der Waals surface area contributed by atoms with E-state index in [1.54, 1.807) is 22.7 Å². The van der Waals surface area contributed by atoms with Crippen molar-refractivity contribution in [3.63, 3.8) is 0 Å². The van der Waals surface area contributed by atoms with Crippen molar-refractivity contribution in [3.8, 4) is 27.0 Å². The van der Waals surface area contributed by atoms with E-state index in [-0.39, 0.29) is 6.61 Å². The molecule has 0 unspecified atom stereocenters. The van der Waals surface area contributed by atoms with E-state index in [0.29, 0.717) is 24.8 Å². The Bertz CT molecular complexity index is 1430. The molecule has 4 heterocycles. The van der Waals surface area contributed by atoms with Crippen LogP contribution in [0, 0.1) is 0 Å². The Balaban J connectivity index is 0.961. The molecular formula is C27H27N5O3S2. The van der Waals surface area contributed by atoms with Gasteiger partial charge in [0.2, 0.25) is 11.7 Å². The molecule has 0 radical (unpaired) electrons. The number of aromatic nitrogens is 3. The molecule has 10 heteroatoms. The zero-order chi connectivity index (χ0) is 25.0. The van der Waals surface area contributed by atoms with E-state index in [1.165, 1.54) is 0 Å². The normalized spacial score (nSPS) is 15.8. The van der Waals surface area contributed by atoms with Crippen molar-refractivity contribution in [2.75, 3.05) is 39.3 Å². The number of piperazine rings is 1.